The first-order chi connectivity index (χ1) is 17.5. The number of nitrogens with zero attached hydrogens (tertiary/aromatic N) is 1. The molecule has 0 saturated heterocycles. The Morgan fingerprint density at radius 2 is 1.56 bits per heavy atom. The summed E-state index contributed by atoms with van der Waals surface area (Å²) in [4.78, 5) is 29.1. The van der Waals surface area contributed by atoms with Crippen molar-refractivity contribution in [1.82, 2.24) is 10.2 Å². The molecule has 1 N–H and O–H groups in total. The van der Waals surface area contributed by atoms with Gasteiger partial charge < -0.3 is 15.0 Å². The Hall–Kier alpha value is -3.60. The summed E-state index contributed by atoms with van der Waals surface area (Å²) >= 11 is 0. The summed E-state index contributed by atoms with van der Waals surface area (Å²) in [7, 11) is 0. The molecule has 2 amide bonds. The van der Waals surface area contributed by atoms with Crippen molar-refractivity contribution in [1.29, 1.82) is 0 Å². The molecule has 1 aliphatic rings. The van der Waals surface area contributed by atoms with Gasteiger partial charge in [0.1, 0.15) is 11.8 Å². The molecule has 1 atom stereocenters. The average molecular weight is 485 g/mol. The second-order valence-electron chi connectivity index (χ2n) is 9.76. The summed E-state index contributed by atoms with van der Waals surface area (Å²) in [6.07, 6.45) is 4.69. The van der Waals surface area contributed by atoms with Crippen molar-refractivity contribution in [3.8, 4) is 5.75 Å². The van der Waals surface area contributed by atoms with Crippen LogP contribution in [-0.4, -0.2) is 35.4 Å². The SMILES string of the molecule is Cc1ccc(CN(C(=O)COc2ccccc2C)[C@H](Cc2ccccc2)C(=O)NC2CCCC2)cc1. The van der Waals surface area contributed by atoms with E-state index >= 15 is 0 Å². The molecule has 0 bridgehead atoms. The van der Waals surface area contributed by atoms with Crippen LogP contribution in [0.3, 0.4) is 0 Å². The van der Waals surface area contributed by atoms with Gasteiger partial charge >= 0.3 is 0 Å². The third-order valence-electron chi connectivity index (χ3n) is 6.89. The normalized spacial score (nSPS) is 14.3. The van der Waals surface area contributed by atoms with Gasteiger partial charge in [0.2, 0.25) is 5.91 Å². The van der Waals surface area contributed by atoms with Crippen LogP contribution in [-0.2, 0) is 22.6 Å². The molecular formula is C31H36N2O3. The largest absolute Gasteiger partial charge is 0.484 e. The first kappa shape index (κ1) is 25.5. The van der Waals surface area contributed by atoms with Crippen molar-refractivity contribution in [3.05, 3.63) is 101 Å². The summed E-state index contributed by atoms with van der Waals surface area (Å²) in [5.74, 6) is 0.375. The summed E-state index contributed by atoms with van der Waals surface area (Å²) in [6.45, 7) is 4.21. The monoisotopic (exact) mass is 484 g/mol. The zero-order valence-corrected chi connectivity index (χ0v) is 21.3. The number of carbonyl (C=O) groups excluding carboxylic acids is 2. The minimum atomic E-state index is -0.637. The van der Waals surface area contributed by atoms with E-state index in [1.807, 2.05) is 92.7 Å². The summed E-state index contributed by atoms with van der Waals surface area (Å²) in [6, 6.07) is 25.2. The number of rotatable bonds is 10. The van der Waals surface area contributed by atoms with E-state index in [0.717, 1.165) is 47.9 Å². The smallest absolute Gasteiger partial charge is 0.261 e. The predicted octanol–water partition coefficient (Wildman–Crippen LogP) is 5.38. The first-order valence-corrected chi connectivity index (χ1v) is 12.9. The van der Waals surface area contributed by atoms with E-state index in [0.29, 0.717) is 18.7 Å². The van der Waals surface area contributed by atoms with Gasteiger partial charge in [-0.05, 0) is 49.4 Å². The van der Waals surface area contributed by atoms with Crippen molar-refractivity contribution < 1.29 is 14.3 Å². The van der Waals surface area contributed by atoms with E-state index in [9.17, 15) is 9.59 Å². The molecule has 1 aliphatic carbocycles. The van der Waals surface area contributed by atoms with E-state index in [-0.39, 0.29) is 24.5 Å². The van der Waals surface area contributed by atoms with Gasteiger partial charge in [-0.25, -0.2) is 0 Å². The lowest BCUT2D eigenvalue weighted by atomic mass is 10.0. The maximum Gasteiger partial charge on any atom is 0.261 e. The highest BCUT2D eigenvalue weighted by atomic mass is 16.5. The molecule has 3 aromatic carbocycles. The third kappa shape index (κ3) is 6.97. The van der Waals surface area contributed by atoms with Gasteiger partial charge in [-0.2, -0.15) is 0 Å². The van der Waals surface area contributed by atoms with Crippen LogP contribution in [0.15, 0.2) is 78.9 Å². The number of ether oxygens (including phenoxy) is 1. The fourth-order valence-electron chi connectivity index (χ4n) is 4.75. The Morgan fingerprint density at radius 1 is 0.889 bits per heavy atom. The fraction of sp³-hybridized carbons (Fsp3) is 0.355. The molecule has 0 spiro atoms. The predicted molar refractivity (Wildman–Crippen MR) is 143 cm³/mol. The number of aryl methyl sites for hydroxylation is 2. The standard InChI is InChI=1S/C31H36N2O3/c1-23-16-18-26(19-17-23)21-33(30(34)22-36-29-15-9-6-10-24(29)2)28(20-25-11-4-3-5-12-25)31(35)32-27-13-7-8-14-27/h3-6,9-12,15-19,27-28H,7-8,13-14,20-22H2,1-2H3,(H,32,35)/t28-/m1/s1. The Balaban J connectivity index is 1.61. The second kappa shape index (κ2) is 12.4. The van der Waals surface area contributed by atoms with Crippen molar-refractivity contribution in [2.45, 2.75) is 64.6 Å². The van der Waals surface area contributed by atoms with Crippen LogP contribution in [0.25, 0.3) is 0 Å². The molecule has 1 fully saturated rings. The quantitative estimate of drug-likeness (QED) is 0.420. The molecule has 4 rings (SSSR count). The Bertz CT molecular complexity index is 1140. The number of para-hydroxylation sites is 1. The number of hydrogen-bond donors (Lipinski definition) is 1. The van der Waals surface area contributed by atoms with Crippen molar-refractivity contribution >= 4 is 11.8 Å². The van der Waals surface area contributed by atoms with Gasteiger partial charge in [-0.15, -0.1) is 0 Å². The molecular weight excluding hydrogens is 448 g/mol. The lowest BCUT2D eigenvalue weighted by Gasteiger charge is -2.32. The van der Waals surface area contributed by atoms with Crippen molar-refractivity contribution in [2.75, 3.05) is 6.61 Å². The summed E-state index contributed by atoms with van der Waals surface area (Å²) in [5, 5.41) is 3.24. The maximum atomic E-state index is 13.7. The molecule has 5 heteroatoms. The first-order valence-electron chi connectivity index (χ1n) is 12.9. The molecule has 188 valence electrons. The van der Waals surface area contributed by atoms with Crippen LogP contribution in [0.1, 0.15) is 47.9 Å². The van der Waals surface area contributed by atoms with Crippen LogP contribution >= 0.6 is 0 Å². The molecule has 0 radical (unpaired) electrons. The average Bonchev–Trinajstić information content (AvgIpc) is 3.40. The molecule has 0 aliphatic heterocycles. The van der Waals surface area contributed by atoms with Crippen LogP contribution in [0.5, 0.6) is 5.75 Å². The number of nitrogens with one attached hydrogen (secondary N) is 1. The van der Waals surface area contributed by atoms with Crippen LogP contribution in [0.4, 0.5) is 0 Å². The van der Waals surface area contributed by atoms with Crippen molar-refractivity contribution in [2.24, 2.45) is 0 Å². The zero-order valence-electron chi connectivity index (χ0n) is 21.3. The topological polar surface area (TPSA) is 58.6 Å². The molecule has 0 unspecified atom stereocenters. The fourth-order valence-corrected chi connectivity index (χ4v) is 4.75. The van der Waals surface area contributed by atoms with E-state index in [1.165, 1.54) is 0 Å². The van der Waals surface area contributed by atoms with Gasteiger partial charge in [0.05, 0.1) is 0 Å². The molecule has 36 heavy (non-hydrogen) atoms. The Morgan fingerprint density at radius 3 is 2.25 bits per heavy atom. The lowest BCUT2D eigenvalue weighted by molar-refractivity contribution is -0.143. The Labute approximate surface area is 214 Å². The van der Waals surface area contributed by atoms with E-state index < -0.39 is 6.04 Å². The van der Waals surface area contributed by atoms with Gasteiger partial charge in [0.15, 0.2) is 6.61 Å². The number of amides is 2. The van der Waals surface area contributed by atoms with E-state index in [4.69, 9.17) is 4.74 Å². The van der Waals surface area contributed by atoms with Gasteiger partial charge in [0.25, 0.3) is 5.91 Å². The molecule has 0 aromatic heterocycles. The maximum absolute atomic E-state index is 13.7. The highest BCUT2D eigenvalue weighted by molar-refractivity contribution is 5.88. The molecule has 1 saturated carbocycles. The third-order valence-corrected chi connectivity index (χ3v) is 6.89. The van der Waals surface area contributed by atoms with Gasteiger partial charge in [0, 0.05) is 19.0 Å². The van der Waals surface area contributed by atoms with E-state index in [1.54, 1.807) is 4.90 Å². The minimum Gasteiger partial charge on any atom is -0.484 e. The lowest BCUT2D eigenvalue weighted by Crippen LogP contribution is -2.53. The van der Waals surface area contributed by atoms with E-state index in [2.05, 4.69) is 5.32 Å². The van der Waals surface area contributed by atoms with Crippen molar-refractivity contribution in [3.63, 3.8) is 0 Å². The molecule has 5 nitrogen and oxygen atoms in total. The van der Waals surface area contributed by atoms with Gasteiger partial charge in [-0.3, -0.25) is 9.59 Å². The highest BCUT2D eigenvalue weighted by Crippen LogP contribution is 2.21. The van der Waals surface area contributed by atoms with Crippen LogP contribution in [0.2, 0.25) is 0 Å². The number of hydrogen-bond acceptors (Lipinski definition) is 3. The number of carbonyl (C=O) groups is 2. The second-order valence-corrected chi connectivity index (χ2v) is 9.76. The summed E-state index contributed by atoms with van der Waals surface area (Å²) in [5.41, 5.74) is 4.12. The zero-order chi connectivity index (χ0) is 25.3. The summed E-state index contributed by atoms with van der Waals surface area (Å²) < 4.78 is 5.93. The Kier molecular flexibility index (Phi) is 8.77. The van der Waals surface area contributed by atoms with Crippen LogP contribution < -0.4 is 10.1 Å². The van der Waals surface area contributed by atoms with Gasteiger partial charge in [-0.1, -0.05) is 91.2 Å². The molecule has 0 heterocycles. The highest BCUT2D eigenvalue weighted by Gasteiger charge is 2.32. The number of benzene rings is 3. The molecule has 3 aromatic rings. The minimum absolute atomic E-state index is 0.0953. The van der Waals surface area contributed by atoms with Crippen LogP contribution in [0, 0.1) is 13.8 Å².